The minimum Gasteiger partial charge on any atom is -0.367 e. The summed E-state index contributed by atoms with van der Waals surface area (Å²) in [6, 6.07) is 10.8. The van der Waals surface area contributed by atoms with Crippen LogP contribution in [0.15, 0.2) is 47.1 Å². The zero-order valence-electron chi connectivity index (χ0n) is 10.2. The molecule has 0 atom stereocenters. The van der Waals surface area contributed by atoms with Crippen LogP contribution in [0, 0.1) is 0 Å². The molecule has 3 aromatic rings. The summed E-state index contributed by atoms with van der Waals surface area (Å²) in [5, 5.41) is 4.89. The maximum Gasteiger partial charge on any atom is 0.230 e. The van der Waals surface area contributed by atoms with Crippen LogP contribution in [0.5, 0.6) is 0 Å². The summed E-state index contributed by atoms with van der Waals surface area (Å²) < 4.78 is 5.09. The molecule has 0 aliphatic rings. The standard InChI is InChI=1S/C14H9Cl2N3O/c15-9-5-4-8(7-10(9)16)12-13(19-20-14(12)17)11-3-1-2-6-18-11/h1-7H,17H2. The van der Waals surface area contributed by atoms with Crippen molar-refractivity contribution in [1.29, 1.82) is 0 Å². The Morgan fingerprint density at radius 3 is 2.60 bits per heavy atom. The summed E-state index contributed by atoms with van der Waals surface area (Å²) in [5.74, 6) is 0.212. The molecule has 1 aromatic carbocycles. The summed E-state index contributed by atoms with van der Waals surface area (Å²) >= 11 is 12.0. The Morgan fingerprint density at radius 2 is 1.90 bits per heavy atom. The number of nitrogens with two attached hydrogens (primary N) is 1. The van der Waals surface area contributed by atoms with Crippen molar-refractivity contribution in [2.75, 3.05) is 5.73 Å². The lowest BCUT2D eigenvalue weighted by atomic mass is 10.0. The SMILES string of the molecule is Nc1onc(-c2ccccn2)c1-c1ccc(Cl)c(Cl)c1. The zero-order valence-corrected chi connectivity index (χ0v) is 11.7. The molecule has 2 N–H and O–H groups in total. The average molecular weight is 306 g/mol. The molecule has 0 spiro atoms. The highest BCUT2D eigenvalue weighted by molar-refractivity contribution is 6.42. The highest BCUT2D eigenvalue weighted by atomic mass is 35.5. The first-order valence-electron chi connectivity index (χ1n) is 5.79. The van der Waals surface area contributed by atoms with Gasteiger partial charge >= 0.3 is 0 Å². The van der Waals surface area contributed by atoms with E-state index in [0.717, 1.165) is 5.56 Å². The third-order valence-electron chi connectivity index (χ3n) is 2.83. The highest BCUT2D eigenvalue weighted by Crippen LogP contribution is 2.37. The van der Waals surface area contributed by atoms with Crippen molar-refractivity contribution in [2.24, 2.45) is 0 Å². The Hall–Kier alpha value is -2.04. The molecule has 0 saturated heterocycles. The molecule has 3 rings (SSSR count). The lowest BCUT2D eigenvalue weighted by Crippen LogP contribution is -1.89. The molecule has 0 unspecified atom stereocenters. The van der Waals surface area contributed by atoms with Gasteiger partial charge in [0.25, 0.3) is 0 Å². The number of benzene rings is 1. The summed E-state index contributed by atoms with van der Waals surface area (Å²) in [5.41, 5.74) is 8.54. The van der Waals surface area contributed by atoms with Crippen molar-refractivity contribution in [3.63, 3.8) is 0 Å². The van der Waals surface area contributed by atoms with E-state index in [1.165, 1.54) is 0 Å². The molecule has 4 nitrogen and oxygen atoms in total. The minimum absolute atomic E-state index is 0.212. The number of hydrogen-bond acceptors (Lipinski definition) is 4. The van der Waals surface area contributed by atoms with Crippen LogP contribution in [0.2, 0.25) is 10.0 Å². The number of nitrogens with zero attached hydrogens (tertiary/aromatic N) is 2. The molecule has 2 heterocycles. The quantitative estimate of drug-likeness (QED) is 0.767. The van der Waals surface area contributed by atoms with Crippen molar-refractivity contribution in [3.8, 4) is 22.5 Å². The van der Waals surface area contributed by atoms with E-state index in [2.05, 4.69) is 10.1 Å². The molecule has 0 aliphatic heterocycles. The number of rotatable bonds is 2. The van der Waals surface area contributed by atoms with E-state index in [4.69, 9.17) is 33.5 Å². The second-order valence-electron chi connectivity index (χ2n) is 4.11. The van der Waals surface area contributed by atoms with Gasteiger partial charge in [-0.2, -0.15) is 0 Å². The van der Waals surface area contributed by atoms with Gasteiger partial charge in [-0.25, -0.2) is 0 Å². The number of halogens is 2. The van der Waals surface area contributed by atoms with Crippen LogP contribution in [0.1, 0.15) is 0 Å². The van der Waals surface area contributed by atoms with Gasteiger partial charge in [-0.05, 0) is 29.8 Å². The van der Waals surface area contributed by atoms with E-state index in [-0.39, 0.29) is 5.88 Å². The van der Waals surface area contributed by atoms with Gasteiger partial charge in [0.15, 0.2) is 0 Å². The summed E-state index contributed by atoms with van der Waals surface area (Å²) in [4.78, 5) is 4.25. The highest BCUT2D eigenvalue weighted by Gasteiger charge is 2.18. The van der Waals surface area contributed by atoms with Crippen molar-refractivity contribution in [2.45, 2.75) is 0 Å². The molecule has 20 heavy (non-hydrogen) atoms. The van der Waals surface area contributed by atoms with E-state index >= 15 is 0 Å². The van der Waals surface area contributed by atoms with Gasteiger partial charge in [0.05, 0.1) is 21.3 Å². The van der Waals surface area contributed by atoms with Crippen LogP contribution in [0.3, 0.4) is 0 Å². The largest absolute Gasteiger partial charge is 0.367 e. The number of nitrogen functional groups attached to an aromatic ring is 1. The number of aromatic nitrogens is 2. The minimum atomic E-state index is 0.212. The molecule has 0 fully saturated rings. The van der Waals surface area contributed by atoms with E-state index in [9.17, 15) is 0 Å². The first kappa shape index (κ1) is 13.0. The summed E-state index contributed by atoms with van der Waals surface area (Å²) in [6.07, 6.45) is 1.68. The normalized spacial score (nSPS) is 10.7. The molecule has 0 aliphatic carbocycles. The van der Waals surface area contributed by atoms with Gasteiger partial charge < -0.3 is 10.3 Å². The Labute approximate surface area is 125 Å². The third-order valence-corrected chi connectivity index (χ3v) is 3.57. The molecule has 6 heteroatoms. The van der Waals surface area contributed by atoms with Crippen LogP contribution in [-0.2, 0) is 0 Å². The van der Waals surface area contributed by atoms with Gasteiger partial charge in [0.1, 0.15) is 5.69 Å². The maximum atomic E-state index is 6.04. The third kappa shape index (κ3) is 2.24. The molecule has 100 valence electrons. The average Bonchev–Trinajstić information content (AvgIpc) is 2.85. The number of hydrogen-bond donors (Lipinski definition) is 1. The number of pyridine rings is 1. The zero-order chi connectivity index (χ0) is 14.1. The topological polar surface area (TPSA) is 64.9 Å². The van der Waals surface area contributed by atoms with Crippen LogP contribution in [0.25, 0.3) is 22.5 Å². The molecular formula is C14H9Cl2N3O. The Balaban J connectivity index is 2.19. The predicted molar refractivity (Wildman–Crippen MR) is 79.6 cm³/mol. The smallest absolute Gasteiger partial charge is 0.230 e. The lowest BCUT2D eigenvalue weighted by Gasteiger charge is -2.04. The number of anilines is 1. The van der Waals surface area contributed by atoms with Gasteiger partial charge in [-0.1, -0.05) is 40.5 Å². The van der Waals surface area contributed by atoms with Gasteiger partial charge in [-0.3, -0.25) is 4.98 Å². The molecule has 2 aromatic heterocycles. The Bertz CT molecular complexity index is 756. The van der Waals surface area contributed by atoms with Crippen LogP contribution < -0.4 is 5.73 Å². The molecule has 0 radical (unpaired) electrons. The van der Waals surface area contributed by atoms with Crippen LogP contribution in [-0.4, -0.2) is 10.1 Å². The molecule has 0 saturated carbocycles. The van der Waals surface area contributed by atoms with Crippen molar-refractivity contribution < 1.29 is 4.52 Å². The molecule has 0 bridgehead atoms. The maximum absolute atomic E-state index is 6.04. The van der Waals surface area contributed by atoms with Crippen LogP contribution in [0.4, 0.5) is 5.88 Å². The van der Waals surface area contributed by atoms with E-state index in [1.54, 1.807) is 18.3 Å². The van der Waals surface area contributed by atoms with Gasteiger partial charge in [0.2, 0.25) is 5.88 Å². The molecular weight excluding hydrogens is 297 g/mol. The second kappa shape index (κ2) is 5.15. The van der Waals surface area contributed by atoms with E-state index in [0.29, 0.717) is 27.0 Å². The fourth-order valence-electron chi connectivity index (χ4n) is 1.91. The Kier molecular flexibility index (Phi) is 3.34. The van der Waals surface area contributed by atoms with Gasteiger partial charge in [-0.15, -0.1) is 0 Å². The fourth-order valence-corrected chi connectivity index (χ4v) is 2.21. The van der Waals surface area contributed by atoms with Gasteiger partial charge in [0, 0.05) is 6.20 Å². The van der Waals surface area contributed by atoms with Crippen molar-refractivity contribution in [1.82, 2.24) is 10.1 Å². The predicted octanol–water partition coefficient (Wildman–Crippen LogP) is 4.29. The van der Waals surface area contributed by atoms with Crippen molar-refractivity contribution >= 4 is 29.1 Å². The summed E-state index contributed by atoms with van der Waals surface area (Å²) in [7, 11) is 0. The van der Waals surface area contributed by atoms with Crippen LogP contribution >= 0.6 is 23.2 Å². The first-order chi connectivity index (χ1) is 9.66. The van der Waals surface area contributed by atoms with E-state index in [1.807, 2.05) is 24.3 Å². The second-order valence-corrected chi connectivity index (χ2v) is 4.93. The lowest BCUT2D eigenvalue weighted by molar-refractivity contribution is 0.439. The fraction of sp³-hybridized carbons (Fsp3) is 0. The Morgan fingerprint density at radius 1 is 1.05 bits per heavy atom. The van der Waals surface area contributed by atoms with E-state index < -0.39 is 0 Å². The van der Waals surface area contributed by atoms with Crippen molar-refractivity contribution in [3.05, 3.63) is 52.6 Å². The molecule has 0 amide bonds. The monoisotopic (exact) mass is 305 g/mol. The summed E-state index contributed by atoms with van der Waals surface area (Å²) in [6.45, 7) is 0. The first-order valence-corrected chi connectivity index (χ1v) is 6.54.